The van der Waals surface area contributed by atoms with Gasteiger partial charge in [0.2, 0.25) is 0 Å². The van der Waals surface area contributed by atoms with Gasteiger partial charge in [0.25, 0.3) is 0 Å². The van der Waals surface area contributed by atoms with Crippen molar-refractivity contribution >= 4 is 0 Å². The van der Waals surface area contributed by atoms with Gasteiger partial charge in [-0.3, -0.25) is 0 Å². The zero-order valence-corrected chi connectivity index (χ0v) is 7.49. The van der Waals surface area contributed by atoms with Crippen molar-refractivity contribution in [2.45, 2.75) is 0 Å². The molecule has 2 heteroatoms. The van der Waals surface area contributed by atoms with Crippen LogP contribution in [0.5, 0.6) is 0 Å². The second kappa shape index (κ2) is 1.34. The van der Waals surface area contributed by atoms with Crippen LogP contribution in [-0.2, 0) is 0 Å². The Labute approximate surface area is 57.9 Å². The van der Waals surface area contributed by atoms with Crippen molar-refractivity contribution < 1.29 is 42.4 Å². The second-order valence-electron chi connectivity index (χ2n) is 1.36. The number of allylic oxidation sites excluding steroid dienone is 2. The molecule has 2 rings (SSSR count). The molecule has 0 bridgehead atoms. The Bertz CT molecular complexity index is 103. The molecule has 2 aliphatic rings. The monoisotopic (exact) mass is 306 g/mol. The molecule has 36 valence electrons. The Kier molecular flexibility index (Phi) is 0.917. The first-order valence-corrected chi connectivity index (χ1v) is 7.08. The summed E-state index contributed by atoms with van der Waals surface area (Å²) in [5, 5.41) is 0. The molecule has 0 nitrogen and oxygen atoms in total. The molecule has 0 fully saturated rings. The standard InChI is InChI=1S/C4H4I2/c1-3-4(6-3)2-5-1/h1-2H2/q-2. The number of alkyl halides is 2. The Morgan fingerprint density at radius 2 is 1.83 bits per heavy atom. The molecule has 0 aromatic rings. The minimum absolute atomic E-state index is 0.659. The average molecular weight is 306 g/mol. The first-order valence-electron chi connectivity index (χ1n) is 1.87. The molecule has 0 aromatic heterocycles. The topological polar surface area (TPSA) is 0 Å². The van der Waals surface area contributed by atoms with Gasteiger partial charge >= 0.3 is 58.4 Å². The van der Waals surface area contributed by atoms with Crippen molar-refractivity contribution in [3.8, 4) is 0 Å². The Morgan fingerprint density at radius 3 is 2.00 bits per heavy atom. The van der Waals surface area contributed by atoms with Crippen LogP contribution in [0.2, 0.25) is 0 Å². The van der Waals surface area contributed by atoms with Crippen molar-refractivity contribution in [2.24, 2.45) is 0 Å². The third-order valence-electron chi connectivity index (χ3n) is 0.910. The van der Waals surface area contributed by atoms with E-state index in [0.29, 0.717) is 42.4 Å². The van der Waals surface area contributed by atoms with Gasteiger partial charge in [0.15, 0.2) is 0 Å². The van der Waals surface area contributed by atoms with E-state index in [-0.39, 0.29) is 0 Å². The van der Waals surface area contributed by atoms with Crippen LogP contribution in [-0.4, -0.2) is 8.86 Å². The van der Waals surface area contributed by atoms with Crippen molar-refractivity contribution in [2.75, 3.05) is 8.86 Å². The van der Waals surface area contributed by atoms with E-state index in [1.165, 1.54) is 0 Å². The summed E-state index contributed by atoms with van der Waals surface area (Å²) in [7, 11) is 0. The third-order valence-corrected chi connectivity index (χ3v) is 9.26. The van der Waals surface area contributed by atoms with E-state index in [2.05, 4.69) is 0 Å². The molecule has 0 amide bonds. The van der Waals surface area contributed by atoms with Crippen molar-refractivity contribution in [1.29, 1.82) is 0 Å². The van der Waals surface area contributed by atoms with Gasteiger partial charge in [0.05, 0.1) is 0 Å². The van der Waals surface area contributed by atoms with Gasteiger partial charge in [0, 0.05) is 0 Å². The summed E-state index contributed by atoms with van der Waals surface area (Å²) in [5.74, 6) is 0. The third kappa shape index (κ3) is 0.526. The van der Waals surface area contributed by atoms with Gasteiger partial charge in [-0.2, -0.15) is 0 Å². The molecule has 0 radical (unpaired) electrons. The molecule has 0 unspecified atom stereocenters. The van der Waals surface area contributed by atoms with Crippen LogP contribution < -0.4 is 42.4 Å². The quantitative estimate of drug-likeness (QED) is 0.309. The van der Waals surface area contributed by atoms with Crippen LogP contribution >= 0.6 is 0 Å². The average Bonchev–Trinajstić information content (AvgIpc) is 2.17. The van der Waals surface area contributed by atoms with Crippen LogP contribution in [0.3, 0.4) is 0 Å². The number of rotatable bonds is 0. The molecule has 0 aliphatic carbocycles. The van der Waals surface area contributed by atoms with Crippen molar-refractivity contribution in [3.05, 3.63) is 7.16 Å². The molecule has 0 saturated carbocycles. The van der Waals surface area contributed by atoms with Crippen molar-refractivity contribution in [1.82, 2.24) is 0 Å². The first-order chi connectivity index (χ1) is 2.97. The van der Waals surface area contributed by atoms with Gasteiger partial charge < -0.3 is 0 Å². The number of halogens is 2. The first kappa shape index (κ1) is 4.12. The molecule has 0 spiro atoms. The number of hydrogen-bond acceptors (Lipinski definition) is 0. The van der Waals surface area contributed by atoms with E-state index in [1.54, 1.807) is 8.86 Å². The van der Waals surface area contributed by atoms with E-state index >= 15 is 0 Å². The zero-order chi connectivity index (χ0) is 3.98. The van der Waals surface area contributed by atoms with Crippen LogP contribution in [0.1, 0.15) is 0 Å². The maximum absolute atomic E-state index is 1.95. The van der Waals surface area contributed by atoms with Gasteiger partial charge in [-0.1, -0.05) is 0 Å². The summed E-state index contributed by atoms with van der Waals surface area (Å²) in [6, 6.07) is 0. The summed E-state index contributed by atoms with van der Waals surface area (Å²) in [6.45, 7) is 0. The molecule has 6 heavy (non-hydrogen) atoms. The molecular weight excluding hydrogens is 302 g/mol. The molecule has 0 aromatic carbocycles. The zero-order valence-electron chi connectivity index (χ0n) is 3.17. The second-order valence-corrected chi connectivity index (χ2v) is 7.11. The van der Waals surface area contributed by atoms with Crippen molar-refractivity contribution in [3.63, 3.8) is 0 Å². The van der Waals surface area contributed by atoms with E-state index in [1.807, 2.05) is 7.16 Å². The van der Waals surface area contributed by atoms with Crippen LogP contribution in [0.4, 0.5) is 0 Å². The minimum atomic E-state index is 0.659. The van der Waals surface area contributed by atoms with Crippen LogP contribution in [0, 0.1) is 0 Å². The molecular formula is C4H4I2-2. The van der Waals surface area contributed by atoms with Crippen LogP contribution in [0.25, 0.3) is 0 Å². The maximum atomic E-state index is 1.95. The Balaban J connectivity index is 2.29. The molecule has 0 atom stereocenters. The fourth-order valence-corrected chi connectivity index (χ4v) is 10.1. The summed E-state index contributed by atoms with van der Waals surface area (Å²) < 4.78 is 7.09. The van der Waals surface area contributed by atoms with Gasteiger partial charge in [0.1, 0.15) is 0 Å². The summed E-state index contributed by atoms with van der Waals surface area (Å²) in [6.07, 6.45) is 0. The number of hydrogen-bond donors (Lipinski definition) is 0. The fourth-order valence-electron chi connectivity index (χ4n) is 0.523. The normalized spacial score (nSPS) is 30.7. The van der Waals surface area contributed by atoms with E-state index in [9.17, 15) is 0 Å². The summed E-state index contributed by atoms with van der Waals surface area (Å²) in [4.78, 5) is 0. The molecule has 0 saturated heterocycles. The van der Waals surface area contributed by atoms with E-state index in [4.69, 9.17) is 0 Å². The van der Waals surface area contributed by atoms with E-state index in [0.717, 1.165) is 0 Å². The summed E-state index contributed by atoms with van der Waals surface area (Å²) >= 11 is 1.36. The van der Waals surface area contributed by atoms with Gasteiger partial charge in [-0.05, 0) is 0 Å². The predicted molar refractivity (Wildman–Crippen MR) is 16.8 cm³/mol. The molecule has 0 N–H and O–H groups in total. The van der Waals surface area contributed by atoms with Crippen LogP contribution in [0.15, 0.2) is 7.16 Å². The molecule has 2 heterocycles. The molecule has 2 aliphatic heterocycles. The van der Waals surface area contributed by atoms with Gasteiger partial charge in [-0.25, -0.2) is 0 Å². The fraction of sp³-hybridized carbons (Fsp3) is 0.500. The Hall–Kier alpha value is 1.20. The van der Waals surface area contributed by atoms with E-state index < -0.39 is 0 Å². The summed E-state index contributed by atoms with van der Waals surface area (Å²) in [5.41, 5.74) is 0. The SMILES string of the molecule is C1[I-]CC2=C1[I-]2. The van der Waals surface area contributed by atoms with Gasteiger partial charge in [-0.15, -0.1) is 0 Å². The Morgan fingerprint density at radius 1 is 1.17 bits per heavy atom. The predicted octanol–water partition coefficient (Wildman–Crippen LogP) is -5.60.